The molecule has 2 aliphatic carbocycles. The van der Waals surface area contributed by atoms with Crippen LogP contribution in [0.4, 0.5) is 0 Å². The molecule has 1 unspecified atom stereocenters. The van der Waals surface area contributed by atoms with Crippen molar-refractivity contribution < 1.29 is 4.79 Å². The second kappa shape index (κ2) is 8.32. The number of para-hydroxylation sites is 1. The van der Waals surface area contributed by atoms with E-state index in [-0.39, 0.29) is 16.7 Å². The number of carbonyl (C=O) groups is 1. The Morgan fingerprint density at radius 2 is 1.70 bits per heavy atom. The number of H-pyrrole nitrogens is 1. The van der Waals surface area contributed by atoms with E-state index >= 15 is 0 Å². The normalized spacial score (nSPS) is 23.7. The van der Waals surface area contributed by atoms with E-state index in [1.807, 2.05) is 0 Å². The zero-order valence-electron chi connectivity index (χ0n) is 19.5. The summed E-state index contributed by atoms with van der Waals surface area (Å²) in [6, 6.07) is 19.4. The fraction of sp³-hybridized carbons (Fsp3) is 0.483. The number of nitrogens with zero attached hydrogens (tertiary/aromatic N) is 1. The molecule has 3 fully saturated rings. The number of amides is 1. The third kappa shape index (κ3) is 3.89. The Bertz CT molecular complexity index is 1120. The second-order valence-electron chi connectivity index (χ2n) is 10.8. The molecule has 4 nitrogen and oxygen atoms in total. The zero-order valence-corrected chi connectivity index (χ0v) is 19.5. The molecule has 2 aromatic carbocycles. The van der Waals surface area contributed by atoms with Crippen molar-refractivity contribution in [3.63, 3.8) is 0 Å². The van der Waals surface area contributed by atoms with Crippen LogP contribution in [-0.2, 0) is 16.8 Å². The Morgan fingerprint density at radius 1 is 0.970 bits per heavy atom. The molecule has 1 saturated heterocycles. The van der Waals surface area contributed by atoms with E-state index in [2.05, 4.69) is 76.0 Å². The largest absolute Gasteiger partial charge is 0.361 e. The molecule has 1 aromatic heterocycles. The Morgan fingerprint density at radius 3 is 2.48 bits per heavy atom. The van der Waals surface area contributed by atoms with Gasteiger partial charge in [0.15, 0.2) is 0 Å². The van der Waals surface area contributed by atoms with E-state index in [0.717, 1.165) is 45.4 Å². The van der Waals surface area contributed by atoms with Crippen molar-refractivity contribution >= 4 is 16.8 Å². The molecular formula is C29H35N3O. The van der Waals surface area contributed by atoms with Crippen LogP contribution in [0.2, 0.25) is 0 Å². The first kappa shape index (κ1) is 21.0. The van der Waals surface area contributed by atoms with Gasteiger partial charge in [0.2, 0.25) is 5.91 Å². The van der Waals surface area contributed by atoms with Gasteiger partial charge in [-0.15, -0.1) is 0 Å². The van der Waals surface area contributed by atoms with Gasteiger partial charge in [-0.1, -0.05) is 61.4 Å². The van der Waals surface area contributed by atoms with E-state index in [9.17, 15) is 4.79 Å². The highest BCUT2D eigenvalue weighted by Crippen LogP contribution is 2.59. The van der Waals surface area contributed by atoms with Gasteiger partial charge in [-0.2, -0.15) is 0 Å². The average Bonchev–Trinajstić information content (AvgIpc) is 3.19. The summed E-state index contributed by atoms with van der Waals surface area (Å²) in [5, 5.41) is 4.74. The van der Waals surface area contributed by atoms with Crippen LogP contribution in [0.5, 0.6) is 0 Å². The quantitative estimate of drug-likeness (QED) is 0.538. The molecule has 33 heavy (non-hydrogen) atoms. The van der Waals surface area contributed by atoms with Crippen molar-refractivity contribution in [1.29, 1.82) is 0 Å². The average molecular weight is 442 g/mol. The molecule has 1 atom stereocenters. The molecule has 2 heterocycles. The number of aromatic amines is 1. The number of fused-ring (bicyclic) bond motifs is 1. The van der Waals surface area contributed by atoms with E-state index < -0.39 is 0 Å². The number of rotatable bonds is 6. The van der Waals surface area contributed by atoms with Crippen LogP contribution < -0.4 is 5.32 Å². The van der Waals surface area contributed by atoms with Gasteiger partial charge >= 0.3 is 0 Å². The maximum Gasteiger partial charge on any atom is 0.223 e. The maximum absolute atomic E-state index is 13.2. The molecule has 1 aliphatic heterocycles. The smallest absolute Gasteiger partial charge is 0.223 e. The van der Waals surface area contributed by atoms with Crippen molar-refractivity contribution in [3.8, 4) is 0 Å². The topological polar surface area (TPSA) is 48.1 Å². The number of nitrogens with one attached hydrogen (secondary N) is 2. The van der Waals surface area contributed by atoms with Crippen LogP contribution in [0.25, 0.3) is 10.9 Å². The van der Waals surface area contributed by atoms with Crippen LogP contribution in [0.15, 0.2) is 60.8 Å². The van der Waals surface area contributed by atoms with Crippen molar-refractivity contribution in [3.05, 3.63) is 71.9 Å². The third-order valence-electron chi connectivity index (χ3n) is 8.97. The van der Waals surface area contributed by atoms with Gasteiger partial charge in [0, 0.05) is 41.5 Å². The molecule has 3 aromatic rings. The molecule has 0 radical (unpaired) electrons. The summed E-state index contributed by atoms with van der Waals surface area (Å²) in [6.45, 7) is 3.99. The Balaban J connectivity index is 1.04. The lowest BCUT2D eigenvalue weighted by Gasteiger charge is -2.33. The van der Waals surface area contributed by atoms with Crippen molar-refractivity contribution in [2.45, 2.75) is 56.9 Å². The van der Waals surface area contributed by atoms with Crippen LogP contribution in [-0.4, -0.2) is 35.4 Å². The molecule has 172 valence electrons. The van der Waals surface area contributed by atoms with E-state index in [1.54, 1.807) is 0 Å². The lowest BCUT2D eigenvalue weighted by Crippen LogP contribution is -2.41. The van der Waals surface area contributed by atoms with Crippen LogP contribution in [0.3, 0.4) is 0 Å². The van der Waals surface area contributed by atoms with Crippen molar-refractivity contribution in [2.75, 3.05) is 19.6 Å². The number of hydrogen-bond acceptors (Lipinski definition) is 2. The highest BCUT2D eigenvalue weighted by Gasteiger charge is 2.58. The van der Waals surface area contributed by atoms with Crippen LogP contribution >= 0.6 is 0 Å². The van der Waals surface area contributed by atoms with Crippen LogP contribution in [0.1, 0.15) is 56.1 Å². The second-order valence-corrected chi connectivity index (χ2v) is 10.8. The summed E-state index contributed by atoms with van der Waals surface area (Å²) < 4.78 is 0. The summed E-state index contributed by atoms with van der Waals surface area (Å²) in [4.78, 5) is 19.1. The first-order chi connectivity index (χ1) is 16.2. The third-order valence-corrected chi connectivity index (χ3v) is 8.97. The van der Waals surface area contributed by atoms with E-state index in [1.165, 1.54) is 47.7 Å². The number of likely N-dealkylation sites (tertiary alicyclic amines) is 1. The molecule has 2 N–H and O–H groups in total. The fourth-order valence-electron chi connectivity index (χ4n) is 6.72. The molecule has 3 aliphatic rings. The Kier molecular flexibility index (Phi) is 5.29. The molecular weight excluding hydrogens is 406 g/mol. The van der Waals surface area contributed by atoms with Gasteiger partial charge in [-0.05, 0) is 67.8 Å². The Labute approximate surface area is 196 Å². The highest BCUT2D eigenvalue weighted by molar-refractivity contribution is 5.83. The van der Waals surface area contributed by atoms with Crippen molar-refractivity contribution in [2.24, 2.45) is 11.3 Å². The number of benzene rings is 2. The van der Waals surface area contributed by atoms with Gasteiger partial charge in [0.1, 0.15) is 0 Å². The summed E-state index contributed by atoms with van der Waals surface area (Å²) in [7, 11) is 0. The summed E-state index contributed by atoms with van der Waals surface area (Å²) in [5.74, 6) is 0.532. The minimum atomic E-state index is 0.141. The predicted molar refractivity (Wildman–Crippen MR) is 133 cm³/mol. The van der Waals surface area contributed by atoms with Gasteiger partial charge in [-0.25, -0.2) is 0 Å². The molecule has 6 rings (SSSR count). The molecule has 4 heteroatoms. The summed E-state index contributed by atoms with van der Waals surface area (Å²) >= 11 is 0. The minimum Gasteiger partial charge on any atom is -0.361 e. The zero-order chi connectivity index (χ0) is 22.3. The standard InChI is InChI=1S/C29H35N3O/c33-27(31-21-29(12-6-7-13-29)23-8-2-1-3-9-23)25-18-28(25)14-16-32(17-15-28)20-22-19-30-26-11-5-4-10-24(22)26/h1-5,8-11,19,25,30H,6-7,12-18,20-21H2,(H,31,33). The van der Waals surface area contributed by atoms with Gasteiger partial charge in [0.05, 0.1) is 0 Å². The maximum atomic E-state index is 13.2. The molecule has 1 amide bonds. The lowest BCUT2D eigenvalue weighted by molar-refractivity contribution is -0.123. The number of carbonyl (C=O) groups excluding carboxylic acids is 1. The van der Waals surface area contributed by atoms with Gasteiger partial charge in [0.25, 0.3) is 0 Å². The molecule has 0 bridgehead atoms. The van der Waals surface area contributed by atoms with Crippen LogP contribution in [0, 0.1) is 11.3 Å². The first-order valence-electron chi connectivity index (χ1n) is 12.8. The van der Waals surface area contributed by atoms with Gasteiger partial charge in [-0.3, -0.25) is 9.69 Å². The summed E-state index contributed by atoms with van der Waals surface area (Å²) in [5.41, 5.74) is 4.40. The first-order valence-corrected chi connectivity index (χ1v) is 12.8. The predicted octanol–water partition coefficient (Wildman–Crippen LogP) is 5.40. The lowest BCUT2D eigenvalue weighted by atomic mass is 9.78. The molecule has 1 spiro atoms. The van der Waals surface area contributed by atoms with E-state index in [4.69, 9.17) is 0 Å². The van der Waals surface area contributed by atoms with Crippen molar-refractivity contribution in [1.82, 2.24) is 15.2 Å². The summed E-state index contributed by atoms with van der Waals surface area (Å²) in [6.07, 6.45) is 10.5. The number of hydrogen-bond donors (Lipinski definition) is 2. The Hall–Kier alpha value is -2.59. The highest BCUT2D eigenvalue weighted by atomic mass is 16.2. The molecule has 2 saturated carbocycles. The monoisotopic (exact) mass is 441 g/mol. The fourth-order valence-corrected chi connectivity index (χ4v) is 6.72. The van der Waals surface area contributed by atoms with Gasteiger partial charge < -0.3 is 10.3 Å². The SMILES string of the molecule is O=C(NCC1(c2ccccc2)CCCC1)C1CC12CCN(Cc1c[nH]c3ccccc13)CC2. The minimum absolute atomic E-state index is 0.141. The number of aromatic nitrogens is 1. The van der Waals surface area contributed by atoms with E-state index in [0.29, 0.717) is 5.91 Å². The number of piperidine rings is 1.